The topological polar surface area (TPSA) is 73.7 Å². The highest BCUT2D eigenvalue weighted by atomic mass is 35.5. The molecule has 0 unspecified atom stereocenters. The first-order valence-corrected chi connectivity index (χ1v) is 11.0. The molecule has 4 rings (SSSR count). The lowest BCUT2D eigenvalue weighted by atomic mass is 9.89. The van der Waals surface area contributed by atoms with Gasteiger partial charge in [-0.15, -0.1) is 0 Å². The van der Waals surface area contributed by atoms with E-state index in [0.29, 0.717) is 30.8 Å². The van der Waals surface area contributed by atoms with Gasteiger partial charge in [-0.25, -0.2) is 0 Å². The number of hydrogen-bond donors (Lipinski definition) is 1. The van der Waals surface area contributed by atoms with Crippen LogP contribution in [0.15, 0.2) is 42.5 Å². The van der Waals surface area contributed by atoms with Gasteiger partial charge in [0.1, 0.15) is 5.75 Å². The summed E-state index contributed by atoms with van der Waals surface area (Å²) in [6, 6.07) is 8.31. The van der Waals surface area contributed by atoms with Crippen LogP contribution < -0.4 is 0 Å². The van der Waals surface area contributed by atoms with E-state index in [-0.39, 0.29) is 28.5 Å². The molecule has 0 spiro atoms. The lowest BCUT2D eigenvalue weighted by Gasteiger charge is -2.33. The summed E-state index contributed by atoms with van der Waals surface area (Å²) in [5.41, 5.74) is 2.88. The van der Waals surface area contributed by atoms with Crippen LogP contribution in [-0.2, 0) is 0 Å². The molecule has 2 aromatic rings. The molecule has 162 valence electrons. The number of hydrogen-bond acceptors (Lipinski definition) is 4. The van der Waals surface area contributed by atoms with E-state index >= 15 is 0 Å². The van der Waals surface area contributed by atoms with Crippen LogP contribution in [0.5, 0.6) is 5.75 Å². The number of phenols is 1. The van der Waals surface area contributed by atoms with Crippen LogP contribution in [0.1, 0.15) is 57.3 Å². The average molecular weight is 440 g/mol. The van der Waals surface area contributed by atoms with Gasteiger partial charge in [-0.2, -0.15) is 0 Å². The van der Waals surface area contributed by atoms with Crippen molar-refractivity contribution in [2.75, 3.05) is 26.2 Å². The van der Waals surface area contributed by atoms with Crippen molar-refractivity contribution in [3.8, 4) is 5.75 Å². The molecule has 0 saturated carbocycles. The van der Waals surface area contributed by atoms with Gasteiger partial charge in [0, 0.05) is 43.4 Å². The molecular formula is C24H26ClN3O3. The first kappa shape index (κ1) is 21.4. The van der Waals surface area contributed by atoms with Crippen LogP contribution in [0.2, 0.25) is 5.02 Å². The number of aromatic hydroxyl groups is 1. The number of rotatable bonds is 3. The van der Waals surface area contributed by atoms with Gasteiger partial charge in [0.25, 0.3) is 11.8 Å². The number of halogens is 1. The fourth-order valence-electron chi connectivity index (χ4n) is 4.24. The number of benzene rings is 1. The fourth-order valence-corrected chi connectivity index (χ4v) is 4.42. The minimum absolute atomic E-state index is 0.0316. The maximum atomic E-state index is 13.1. The second kappa shape index (κ2) is 9.10. The number of phenolic OH excluding ortho intramolecular Hbond substituents is 1. The van der Waals surface area contributed by atoms with E-state index in [1.54, 1.807) is 11.0 Å². The fraction of sp³-hybridized carbons (Fsp3) is 0.375. The van der Waals surface area contributed by atoms with Crippen molar-refractivity contribution in [2.24, 2.45) is 0 Å². The second-order valence-electron chi connectivity index (χ2n) is 8.13. The predicted octanol–water partition coefficient (Wildman–Crippen LogP) is 4.17. The summed E-state index contributed by atoms with van der Waals surface area (Å²) in [7, 11) is 0. The second-order valence-corrected chi connectivity index (χ2v) is 8.54. The highest BCUT2D eigenvalue weighted by Crippen LogP contribution is 2.31. The zero-order chi connectivity index (χ0) is 22.0. The number of amides is 2. The first-order chi connectivity index (χ1) is 14.9. The Labute approximate surface area is 187 Å². The molecule has 2 amide bonds. The molecule has 2 aliphatic rings. The highest BCUT2D eigenvalue weighted by Gasteiger charge is 2.30. The molecular weight excluding hydrogens is 414 g/mol. The van der Waals surface area contributed by atoms with Crippen molar-refractivity contribution in [1.29, 1.82) is 0 Å². The molecule has 1 aromatic carbocycles. The maximum absolute atomic E-state index is 13.1. The Bertz CT molecular complexity index is 1030. The molecule has 3 heterocycles. The van der Waals surface area contributed by atoms with E-state index in [0.717, 1.165) is 37.2 Å². The number of pyridine rings is 1. The van der Waals surface area contributed by atoms with Crippen LogP contribution in [-0.4, -0.2) is 57.9 Å². The molecule has 0 aliphatic carbocycles. The van der Waals surface area contributed by atoms with Crippen LogP contribution in [0.3, 0.4) is 0 Å². The Morgan fingerprint density at radius 2 is 1.81 bits per heavy atom. The van der Waals surface area contributed by atoms with Gasteiger partial charge < -0.3 is 14.9 Å². The molecule has 1 aromatic heterocycles. The Morgan fingerprint density at radius 1 is 1.03 bits per heavy atom. The smallest absolute Gasteiger partial charge is 0.256 e. The Hall–Kier alpha value is -2.86. The van der Waals surface area contributed by atoms with Gasteiger partial charge in [-0.1, -0.05) is 23.8 Å². The number of aromatic nitrogens is 1. The molecule has 0 atom stereocenters. The molecule has 0 bridgehead atoms. The average Bonchev–Trinajstić information content (AvgIpc) is 2.80. The van der Waals surface area contributed by atoms with Gasteiger partial charge in [-0.05, 0) is 56.5 Å². The van der Waals surface area contributed by atoms with E-state index in [9.17, 15) is 14.7 Å². The number of carbonyl (C=O) groups is 2. The zero-order valence-corrected chi connectivity index (χ0v) is 18.3. The maximum Gasteiger partial charge on any atom is 0.256 e. The van der Waals surface area contributed by atoms with Gasteiger partial charge in [0.15, 0.2) is 0 Å². The van der Waals surface area contributed by atoms with Crippen LogP contribution in [0.4, 0.5) is 0 Å². The van der Waals surface area contributed by atoms with Crippen molar-refractivity contribution in [1.82, 2.24) is 14.8 Å². The summed E-state index contributed by atoms with van der Waals surface area (Å²) >= 11 is 5.96. The van der Waals surface area contributed by atoms with E-state index < -0.39 is 0 Å². The standard InChI is InChI=1S/C24H26ClN3O3/c1-16-5-7-19(24(31)27-11-3-2-4-12-27)22(26-16)17-9-13-28(14-10-17)23(30)18-6-8-21(29)20(25)15-18/h2-3,5-8,15,17,29H,4,9-14H2,1H3. The number of carbonyl (C=O) groups excluding carboxylic acids is 2. The van der Waals surface area contributed by atoms with E-state index in [1.807, 2.05) is 30.0 Å². The van der Waals surface area contributed by atoms with Crippen molar-refractivity contribution < 1.29 is 14.7 Å². The van der Waals surface area contributed by atoms with Gasteiger partial charge in [0.05, 0.1) is 16.3 Å². The van der Waals surface area contributed by atoms with E-state index in [4.69, 9.17) is 16.6 Å². The molecule has 6 nitrogen and oxygen atoms in total. The molecule has 1 fully saturated rings. The third kappa shape index (κ3) is 4.59. The minimum atomic E-state index is -0.103. The molecule has 1 N–H and O–H groups in total. The largest absolute Gasteiger partial charge is 0.506 e. The number of aryl methyl sites for hydroxylation is 1. The van der Waals surface area contributed by atoms with Gasteiger partial charge in [0.2, 0.25) is 0 Å². The first-order valence-electron chi connectivity index (χ1n) is 10.6. The quantitative estimate of drug-likeness (QED) is 0.728. The summed E-state index contributed by atoms with van der Waals surface area (Å²) in [5.74, 6) is 0.0218. The molecule has 31 heavy (non-hydrogen) atoms. The van der Waals surface area contributed by atoms with Gasteiger partial charge in [-0.3, -0.25) is 14.6 Å². The molecule has 2 aliphatic heterocycles. The monoisotopic (exact) mass is 439 g/mol. The van der Waals surface area contributed by atoms with Crippen molar-refractivity contribution in [3.05, 3.63) is 70.0 Å². The SMILES string of the molecule is Cc1ccc(C(=O)N2CC=CCC2)c(C2CCN(C(=O)c3ccc(O)c(Cl)c3)CC2)n1. The summed E-state index contributed by atoms with van der Waals surface area (Å²) in [6.45, 7) is 4.46. The van der Waals surface area contributed by atoms with Crippen LogP contribution in [0, 0.1) is 6.92 Å². The normalized spacial score (nSPS) is 17.1. The van der Waals surface area contributed by atoms with E-state index in [2.05, 4.69) is 6.08 Å². The summed E-state index contributed by atoms with van der Waals surface area (Å²) < 4.78 is 0. The zero-order valence-electron chi connectivity index (χ0n) is 17.6. The third-order valence-corrected chi connectivity index (χ3v) is 6.31. The van der Waals surface area contributed by atoms with Gasteiger partial charge >= 0.3 is 0 Å². The predicted molar refractivity (Wildman–Crippen MR) is 120 cm³/mol. The summed E-state index contributed by atoms with van der Waals surface area (Å²) in [6.07, 6.45) is 6.50. The Morgan fingerprint density at radius 3 is 2.48 bits per heavy atom. The highest BCUT2D eigenvalue weighted by molar-refractivity contribution is 6.32. The van der Waals surface area contributed by atoms with Crippen molar-refractivity contribution in [2.45, 2.75) is 32.1 Å². The summed E-state index contributed by atoms with van der Waals surface area (Å²) in [4.78, 5) is 34.4. The molecule has 7 heteroatoms. The third-order valence-electron chi connectivity index (χ3n) is 6.00. The number of likely N-dealkylation sites (tertiary alicyclic amines) is 1. The number of nitrogens with zero attached hydrogens (tertiary/aromatic N) is 3. The van der Waals surface area contributed by atoms with Crippen molar-refractivity contribution >= 4 is 23.4 Å². The number of piperidine rings is 1. The minimum Gasteiger partial charge on any atom is -0.506 e. The Balaban J connectivity index is 1.49. The lowest BCUT2D eigenvalue weighted by Crippen LogP contribution is -2.39. The summed E-state index contributed by atoms with van der Waals surface area (Å²) in [5, 5.41) is 9.75. The molecule has 0 radical (unpaired) electrons. The van der Waals surface area contributed by atoms with Crippen LogP contribution in [0.25, 0.3) is 0 Å². The van der Waals surface area contributed by atoms with E-state index in [1.165, 1.54) is 12.1 Å². The molecule has 1 saturated heterocycles. The Kier molecular flexibility index (Phi) is 6.28. The van der Waals surface area contributed by atoms with Crippen molar-refractivity contribution in [3.63, 3.8) is 0 Å². The van der Waals surface area contributed by atoms with Crippen LogP contribution >= 0.6 is 11.6 Å². The lowest BCUT2D eigenvalue weighted by molar-refractivity contribution is 0.0705.